The van der Waals surface area contributed by atoms with Crippen molar-refractivity contribution in [3.63, 3.8) is 0 Å². The number of carbonyl (C=O) groups excluding carboxylic acids is 2. The van der Waals surface area contributed by atoms with Gasteiger partial charge in [0.25, 0.3) is 0 Å². The molecule has 25 heavy (non-hydrogen) atoms. The van der Waals surface area contributed by atoms with Gasteiger partial charge in [-0.1, -0.05) is 62.4 Å². The molecule has 1 aliphatic carbocycles. The second-order valence-corrected chi connectivity index (χ2v) is 6.79. The fourth-order valence-corrected chi connectivity index (χ4v) is 3.51. The lowest BCUT2D eigenvalue weighted by molar-refractivity contribution is -0.112. The Morgan fingerprint density at radius 2 is 1.60 bits per heavy atom. The molecule has 130 valence electrons. The van der Waals surface area contributed by atoms with Crippen molar-refractivity contribution < 1.29 is 14.3 Å². The number of aldehydes is 1. The van der Waals surface area contributed by atoms with Gasteiger partial charge in [0.1, 0.15) is 12.9 Å². The average Bonchev–Trinajstić information content (AvgIpc) is 2.94. The lowest BCUT2D eigenvalue weighted by atomic mass is 9.98. The monoisotopic (exact) mass is 337 g/mol. The van der Waals surface area contributed by atoms with Crippen molar-refractivity contribution >= 4 is 12.4 Å². The molecule has 0 spiro atoms. The first kappa shape index (κ1) is 17.2. The topological polar surface area (TPSA) is 46.6 Å². The van der Waals surface area contributed by atoms with Crippen molar-refractivity contribution in [2.75, 3.05) is 13.7 Å². The number of benzene rings is 2. The van der Waals surface area contributed by atoms with E-state index >= 15 is 0 Å². The molecule has 0 bridgehead atoms. The summed E-state index contributed by atoms with van der Waals surface area (Å²) < 4.78 is 5.56. The van der Waals surface area contributed by atoms with Crippen molar-refractivity contribution in [3.05, 3.63) is 59.7 Å². The van der Waals surface area contributed by atoms with E-state index in [-0.39, 0.29) is 18.4 Å². The van der Waals surface area contributed by atoms with Gasteiger partial charge >= 0.3 is 6.09 Å². The molecular formula is C21H23NO3. The maximum Gasteiger partial charge on any atom is 0.410 e. The smallest absolute Gasteiger partial charge is 0.410 e. The Labute approximate surface area is 148 Å². The SMILES string of the molecule is CC(C)[C@@H](C=O)N(C)C(=O)OCC1c2ccccc2-c2ccccc21. The van der Waals surface area contributed by atoms with Crippen molar-refractivity contribution in [1.82, 2.24) is 4.90 Å². The normalized spacial score (nSPS) is 13.9. The van der Waals surface area contributed by atoms with Gasteiger partial charge in [-0.15, -0.1) is 0 Å². The van der Waals surface area contributed by atoms with Crippen molar-refractivity contribution in [1.29, 1.82) is 0 Å². The van der Waals surface area contributed by atoms with Crippen LogP contribution in [0.5, 0.6) is 0 Å². The highest BCUT2D eigenvalue weighted by Crippen LogP contribution is 2.44. The van der Waals surface area contributed by atoms with E-state index in [2.05, 4.69) is 24.3 Å². The summed E-state index contributed by atoms with van der Waals surface area (Å²) in [5, 5.41) is 0. The predicted octanol–water partition coefficient (Wildman–Crippen LogP) is 4.09. The minimum atomic E-state index is -0.476. The highest BCUT2D eigenvalue weighted by molar-refractivity contribution is 5.79. The van der Waals surface area contributed by atoms with Crippen LogP contribution in [-0.4, -0.2) is 37.0 Å². The van der Waals surface area contributed by atoms with Crippen LogP contribution in [0.25, 0.3) is 11.1 Å². The van der Waals surface area contributed by atoms with Crippen LogP contribution >= 0.6 is 0 Å². The molecule has 1 aliphatic rings. The van der Waals surface area contributed by atoms with Crippen molar-refractivity contribution in [2.45, 2.75) is 25.8 Å². The van der Waals surface area contributed by atoms with Crippen molar-refractivity contribution in [2.24, 2.45) is 5.92 Å². The molecule has 2 aromatic carbocycles. The second kappa shape index (κ2) is 7.09. The number of ether oxygens (including phenoxy) is 1. The molecule has 4 nitrogen and oxygen atoms in total. The van der Waals surface area contributed by atoms with Crippen LogP contribution in [0.1, 0.15) is 30.9 Å². The Kier molecular flexibility index (Phi) is 4.88. The molecule has 3 rings (SSSR count). The Morgan fingerprint density at radius 1 is 1.08 bits per heavy atom. The van der Waals surface area contributed by atoms with E-state index in [0.717, 1.165) is 6.29 Å². The molecular weight excluding hydrogens is 314 g/mol. The van der Waals surface area contributed by atoms with Crippen LogP contribution in [0.2, 0.25) is 0 Å². The van der Waals surface area contributed by atoms with Crippen LogP contribution in [0.15, 0.2) is 48.5 Å². The summed E-state index contributed by atoms with van der Waals surface area (Å²) in [6, 6.07) is 16.0. The minimum absolute atomic E-state index is 0.0264. The molecule has 1 atom stereocenters. The third-order valence-electron chi connectivity index (χ3n) is 4.89. The molecule has 2 aromatic rings. The molecule has 1 amide bonds. The Balaban J connectivity index is 1.78. The first-order valence-corrected chi connectivity index (χ1v) is 8.57. The maximum atomic E-state index is 12.4. The fraction of sp³-hybridized carbons (Fsp3) is 0.333. The third-order valence-corrected chi connectivity index (χ3v) is 4.89. The molecule has 0 aliphatic heterocycles. The van der Waals surface area contributed by atoms with E-state index in [1.54, 1.807) is 7.05 Å². The molecule has 4 heteroatoms. The summed E-state index contributed by atoms with van der Waals surface area (Å²) >= 11 is 0. The van der Waals surface area contributed by atoms with Gasteiger partial charge in [0.15, 0.2) is 0 Å². The summed E-state index contributed by atoms with van der Waals surface area (Å²) in [4.78, 5) is 25.0. The van der Waals surface area contributed by atoms with Crippen LogP contribution in [0, 0.1) is 5.92 Å². The molecule has 0 N–H and O–H groups in total. The van der Waals surface area contributed by atoms with Gasteiger partial charge < -0.3 is 14.4 Å². The van der Waals surface area contributed by atoms with Crippen LogP contribution < -0.4 is 0 Å². The zero-order chi connectivity index (χ0) is 18.0. The van der Waals surface area contributed by atoms with Gasteiger partial charge in [-0.25, -0.2) is 4.79 Å². The Hall–Kier alpha value is -2.62. The van der Waals surface area contributed by atoms with Gasteiger partial charge in [-0.05, 0) is 28.2 Å². The first-order valence-electron chi connectivity index (χ1n) is 8.57. The average molecular weight is 337 g/mol. The van der Waals surface area contributed by atoms with E-state index < -0.39 is 12.1 Å². The highest BCUT2D eigenvalue weighted by atomic mass is 16.6. The van der Waals surface area contributed by atoms with Gasteiger partial charge in [0.2, 0.25) is 0 Å². The Bertz CT molecular complexity index is 739. The number of hydrogen-bond donors (Lipinski definition) is 0. The summed E-state index contributed by atoms with van der Waals surface area (Å²) in [7, 11) is 1.61. The number of fused-ring (bicyclic) bond motifs is 3. The number of rotatable bonds is 5. The minimum Gasteiger partial charge on any atom is -0.448 e. The van der Waals surface area contributed by atoms with E-state index in [1.165, 1.54) is 27.2 Å². The molecule has 0 saturated heterocycles. The Morgan fingerprint density at radius 3 is 2.08 bits per heavy atom. The molecule has 0 fully saturated rings. The molecule has 0 aromatic heterocycles. The van der Waals surface area contributed by atoms with Gasteiger partial charge in [0, 0.05) is 13.0 Å². The largest absolute Gasteiger partial charge is 0.448 e. The quantitative estimate of drug-likeness (QED) is 0.772. The van der Waals surface area contributed by atoms with E-state index in [1.807, 2.05) is 38.1 Å². The lowest BCUT2D eigenvalue weighted by Gasteiger charge is -2.26. The number of nitrogens with zero attached hydrogens (tertiary/aromatic N) is 1. The highest BCUT2D eigenvalue weighted by Gasteiger charge is 2.30. The standard InChI is InChI=1S/C21H23NO3/c1-14(2)20(12-23)22(3)21(24)25-13-19-17-10-6-4-8-15(17)16-9-5-7-11-18(16)19/h4-12,14,19-20H,13H2,1-3H3/t20-/m1/s1. The van der Waals surface area contributed by atoms with Gasteiger partial charge in [-0.2, -0.15) is 0 Å². The van der Waals surface area contributed by atoms with E-state index in [4.69, 9.17) is 4.74 Å². The van der Waals surface area contributed by atoms with Gasteiger partial charge in [0.05, 0.1) is 6.04 Å². The third kappa shape index (κ3) is 3.16. The zero-order valence-electron chi connectivity index (χ0n) is 14.8. The van der Waals surface area contributed by atoms with Crippen LogP contribution in [-0.2, 0) is 9.53 Å². The second-order valence-electron chi connectivity index (χ2n) is 6.79. The zero-order valence-corrected chi connectivity index (χ0v) is 14.8. The number of carbonyl (C=O) groups is 2. The van der Waals surface area contributed by atoms with Crippen molar-refractivity contribution in [3.8, 4) is 11.1 Å². The van der Waals surface area contributed by atoms with Crippen LogP contribution in [0.4, 0.5) is 4.79 Å². The lowest BCUT2D eigenvalue weighted by Crippen LogP contribution is -2.42. The van der Waals surface area contributed by atoms with E-state index in [0.29, 0.717) is 0 Å². The van der Waals surface area contributed by atoms with E-state index in [9.17, 15) is 9.59 Å². The summed E-state index contributed by atoms with van der Waals surface area (Å²) in [6.45, 7) is 4.08. The van der Waals surface area contributed by atoms with Gasteiger partial charge in [-0.3, -0.25) is 0 Å². The molecule has 0 radical (unpaired) electrons. The maximum absolute atomic E-state index is 12.4. The summed E-state index contributed by atoms with van der Waals surface area (Å²) in [5.41, 5.74) is 4.74. The molecule has 0 heterocycles. The van der Waals surface area contributed by atoms with Crippen LogP contribution in [0.3, 0.4) is 0 Å². The molecule has 0 saturated carbocycles. The summed E-state index contributed by atoms with van der Waals surface area (Å²) in [6.07, 6.45) is 0.333. The predicted molar refractivity (Wildman–Crippen MR) is 97.5 cm³/mol. The fourth-order valence-electron chi connectivity index (χ4n) is 3.51. The number of likely N-dealkylation sites (N-methyl/N-ethyl adjacent to an activating group) is 1. The summed E-state index contributed by atoms with van der Waals surface area (Å²) in [5.74, 6) is 0.0708. The number of amides is 1. The number of hydrogen-bond acceptors (Lipinski definition) is 3. The molecule has 0 unspecified atom stereocenters. The first-order chi connectivity index (χ1) is 12.0.